The molecule has 18 heavy (non-hydrogen) atoms. The molecule has 1 saturated heterocycles. The van der Waals surface area contributed by atoms with Crippen LogP contribution in [0.1, 0.15) is 25.7 Å². The molecule has 1 aliphatic rings. The summed E-state index contributed by atoms with van der Waals surface area (Å²) in [5, 5.41) is 10.9. The lowest BCUT2D eigenvalue weighted by Gasteiger charge is -2.25. The van der Waals surface area contributed by atoms with E-state index in [1.807, 2.05) is 0 Å². The highest BCUT2D eigenvalue weighted by Gasteiger charge is 2.36. The Kier molecular flexibility index (Phi) is 4.04. The van der Waals surface area contributed by atoms with E-state index < -0.39 is 22.0 Å². The van der Waals surface area contributed by atoms with Gasteiger partial charge in [0.1, 0.15) is 10.3 Å². The van der Waals surface area contributed by atoms with Crippen molar-refractivity contribution in [2.75, 3.05) is 6.54 Å². The van der Waals surface area contributed by atoms with Crippen molar-refractivity contribution in [3.8, 4) is 0 Å². The van der Waals surface area contributed by atoms with Crippen molar-refractivity contribution < 1.29 is 18.3 Å². The summed E-state index contributed by atoms with van der Waals surface area (Å²) in [5.74, 6) is -1.06. The molecule has 7 heteroatoms. The molecule has 0 saturated carbocycles. The third-order valence-corrected chi connectivity index (χ3v) is 6.33. The standard InChI is InChI=1S/C11H15NO4S2/c13-11(14)9-5-2-1-3-7-12(9)18(15,16)10-6-4-8-17-10/h4,6,8-9H,1-3,5,7H2,(H,13,14). The van der Waals surface area contributed by atoms with Crippen LogP contribution in [0.3, 0.4) is 0 Å². The molecule has 0 aliphatic carbocycles. The van der Waals surface area contributed by atoms with Gasteiger partial charge in [-0.25, -0.2) is 8.42 Å². The molecule has 0 amide bonds. The van der Waals surface area contributed by atoms with Crippen molar-refractivity contribution >= 4 is 27.3 Å². The van der Waals surface area contributed by atoms with E-state index in [0.717, 1.165) is 28.5 Å². The molecule has 1 unspecified atom stereocenters. The van der Waals surface area contributed by atoms with Crippen LogP contribution in [0.4, 0.5) is 0 Å². The molecule has 0 aromatic carbocycles. The normalized spacial score (nSPS) is 22.6. The molecule has 0 radical (unpaired) electrons. The van der Waals surface area contributed by atoms with Crippen LogP contribution >= 0.6 is 11.3 Å². The second kappa shape index (κ2) is 5.38. The Morgan fingerprint density at radius 1 is 1.39 bits per heavy atom. The van der Waals surface area contributed by atoms with Gasteiger partial charge in [-0.05, 0) is 24.3 Å². The van der Waals surface area contributed by atoms with Gasteiger partial charge in [-0.15, -0.1) is 11.3 Å². The number of carbonyl (C=O) groups is 1. The maximum Gasteiger partial charge on any atom is 0.322 e. The predicted octanol–water partition coefficient (Wildman–Crippen LogP) is 1.77. The minimum atomic E-state index is -3.67. The van der Waals surface area contributed by atoms with Crippen LogP contribution in [0.2, 0.25) is 0 Å². The molecule has 1 aliphatic heterocycles. The zero-order valence-corrected chi connectivity index (χ0v) is 11.4. The molecule has 2 rings (SSSR count). The number of thiophene rings is 1. The van der Waals surface area contributed by atoms with E-state index in [-0.39, 0.29) is 10.8 Å². The van der Waals surface area contributed by atoms with E-state index in [9.17, 15) is 18.3 Å². The molecule has 1 aromatic rings. The fraction of sp³-hybridized carbons (Fsp3) is 0.545. The van der Waals surface area contributed by atoms with Gasteiger partial charge in [0.25, 0.3) is 10.0 Å². The van der Waals surface area contributed by atoms with Crippen molar-refractivity contribution in [3.63, 3.8) is 0 Å². The molecule has 100 valence electrons. The highest BCUT2D eigenvalue weighted by atomic mass is 32.2. The van der Waals surface area contributed by atoms with Crippen LogP contribution in [0.15, 0.2) is 21.7 Å². The SMILES string of the molecule is O=C(O)C1CCCCCN1S(=O)(=O)c1cccs1. The van der Waals surface area contributed by atoms with Gasteiger partial charge in [0.15, 0.2) is 0 Å². The minimum Gasteiger partial charge on any atom is -0.480 e. The van der Waals surface area contributed by atoms with E-state index in [0.29, 0.717) is 12.8 Å². The van der Waals surface area contributed by atoms with Crippen LogP contribution in [0, 0.1) is 0 Å². The summed E-state index contributed by atoms with van der Waals surface area (Å²) in [6, 6.07) is 2.24. The van der Waals surface area contributed by atoms with Crippen LogP contribution < -0.4 is 0 Å². The Balaban J connectivity index is 2.36. The molecule has 1 N–H and O–H groups in total. The average Bonchev–Trinajstić information content (AvgIpc) is 2.73. The third-order valence-electron chi connectivity index (χ3n) is 3.05. The van der Waals surface area contributed by atoms with Crippen molar-refractivity contribution in [2.45, 2.75) is 35.9 Å². The highest BCUT2D eigenvalue weighted by Crippen LogP contribution is 2.27. The maximum atomic E-state index is 12.4. The topological polar surface area (TPSA) is 74.7 Å². The summed E-state index contributed by atoms with van der Waals surface area (Å²) in [6.45, 7) is 0.289. The van der Waals surface area contributed by atoms with Gasteiger partial charge in [-0.2, -0.15) is 4.31 Å². The average molecular weight is 289 g/mol. The van der Waals surface area contributed by atoms with Gasteiger partial charge in [0.05, 0.1) is 0 Å². The summed E-state index contributed by atoms with van der Waals surface area (Å²) >= 11 is 1.12. The number of carboxylic acids is 1. The van der Waals surface area contributed by atoms with Crippen LogP contribution in [-0.2, 0) is 14.8 Å². The summed E-state index contributed by atoms with van der Waals surface area (Å²) < 4.78 is 26.1. The minimum absolute atomic E-state index is 0.218. The number of aliphatic carboxylic acids is 1. The van der Waals surface area contributed by atoms with Gasteiger partial charge in [-0.1, -0.05) is 18.9 Å². The molecule has 5 nitrogen and oxygen atoms in total. The van der Waals surface area contributed by atoms with Crippen molar-refractivity contribution in [1.29, 1.82) is 0 Å². The first-order valence-corrected chi connectivity index (χ1v) is 8.13. The first kappa shape index (κ1) is 13.5. The lowest BCUT2D eigenvalue weighted by Crippen LogP contribution is -2.44. The number of hydrogen-bond donors (Lipinski definition) is 1. The molecular weight excluding hydrogens is 274 g/mol. The lowest BCUT2D eigenvalue weighted by molar-refractivity contribution is -0.141. The molecule has 0 bridgehead atoms. The first-order valence-electron chi connectivity index (χ1n) is 5.81. The smallest absolute Gasteiger partial charge is 0.322 e. The Hall–Kier alpha value is -0.920. The van der Waals surface area contributed by atoms with E-state index in [4.69, 9.17) is 0 Å². The number of sulfonamides is 1. The Bertz CT molecular complexity index is 509. The van der Waals surface area contributed by atoms with Gasteiger partial charge in [-0.3, -0.25) is 4.79 Å². The van der Waals surface area contributed by atoms with E-state index >= 15 is 0 Å². The Morgan fingerprint density at radius 2 is 2.17 bits per heavy atom. The van der Waals surface area contributed by atoms with E-state index in [1.54, 1.807) is 11.4 Å². The van der Waals surface area contributed by atoms with Crippen LogP contribution in [0.5, 0.6) is 0 Å². The van der Waals surface area contributed by atoms with E-state index in [1.165, 1.54) is 6.07 Å². The molecule has 1 fully saturated rings. The maximum absolute atomic E-state index is 12.4. The predicted molar refractivity (Wildman–Crippen MR) is 68.1 cm³/mol. The largest absolute Gasteiger partial charge is 0.480 e. The second-order valence-corrected chi connectivity index (χ2v) is 7.32. The van der Waals surface area contributed by atoms with Gasteiger partial charge < -0.3 is 5.11 Å². The van der Waals surface area contributed by atoms with Crippen molar-refractivity contribution in [2.24, 2.45) is 0 Å². The second-order valence-electron chi connectivity index (χ2n) is 4.25. The monoisotopic (exact) mass is 289 g/mol. The highest BCUT2D eigenvalue weighted by molar-refractivity contribution is 7.91. The number of rotatable bonds is 3. The van der Waals surface area contributed by atoms with Crippen molar-refractivity contribution in [1.82, 2.24) is 4.31 Å². The third kappa shape index (κ3) is 2.57. The molecule has 1 aromatic heterocycles. The van der Waals surface area contributed by atoms with Gasteiger partial charge in [0.2, 0.25) is 0 Å². The first-order chi connectivity index (χ1) is 8.53. The van der Waals surface area contributed by atoms with Crippen LogP contribution in [-0.4, -0.2) is 36.4 Å². The Labute approximate surface area is 110 Å². The van der Waals surface area contributed by atoms with E-state index in [2.05, 4.69) is 0 Å². The molecule has 2 heterocycles. The lowest BCUT2D eigenvalue weighted by atomic mass is 10.1. The number of carboxylic acid groups (broad SMARTS) is 1. The zero-order chi connectivity index (χ0) is 13.2. The zero-order valence-electron chi connectivity index (χ0n) is 9.78. The summed E-state index contributed by atoms with van der Waals surface area (Å²) in [4.78, 5) is 11.2. The fourth-order valence-electron chi connectivity index (χ4n) is 2.14. The number of hydrogen-bond acceptors (Lipinski definition) is 4. The van der Waals surface area contributed by atoms with Gasteiger partial charge in [0, 0.05) is 6.54 Å². The summed E-state index contributed by atoms with van der Waals surface area (Å²) in [5.41, 5.74) is 0. The molecule has 1 atom stereocenters. The quantitative estimate of drug-likeness (QED) is 0.920. The fourth-order valence-corrected chi connectivity index (χ4v) is 4.91. The number of nitrogens with zero attached hydrogens (tertiary/aromatic N) is 1. The van der Waals surface area contributed by atoms with Crippen LogP contribution in [0.25, 0.3) is 0 Å². The summed E-state index contributed by atoms with van der Waals surface area (Å²) in [6.07, 6.45) is 2.74. The molecule has 0 spiro atoms. The summed E-state index contributed by atoms with van der Waals surface area (Å²) in [7, 11) is -3.67. The van der Waals surface area contributed by atoms with Gasteiger partial charge >= 0.3 is 5.97 Å². The van der Waals surface area contributed by atoms with Crippen molar-refractivity contribution in [3.05, 3.63) is 17.5 Å². The molecular formula is C11H15NO4S2. The Morgan fingerprint density at radius 3 is 2.78 bits per heavy atom.